The third kappa shape index (κ3) is 4.16. The molecular formula is C24H21FN4O3. The summed E-state index contributed by atoms with van der Waals surface area (Å²) in [6, 6.07) is 13.6. The van der Waals surface area contributed by atoms with E-state index < -0.39 is 0 Å². The molecule has 1 atom stereocenters. The van der Waals surface area contributed by atoms with Crippen LogP contribution in [0, 0.1) is 5.82 Å². The number of carbonyl (C=O) groups excluding carboxylic acids is 1. The number of para-hydroxylation sites is 1. The number of likely N-dealkylation sites (tertiary alicyclic amines) is 1. The Morgan fingerprint density at radius 1 is 1.12 bits per heavy atom. The molecule has 0 unspecified atom stereocenters. The van der Waals surface area contributed by atoms with Gasteiger partial charge >= 0.3 is 0 Å². The molecule has 7 nitrogen and oxygen atoms in total. The normalized spacial score (nSPS) is 15.9. The molecule has 0 spiro atoms. The van der Waals surface area contributed by atoms with Gasteiger partial charge in [-0.15, -0.1) is 0 Å². The van der Waals surface area contributed by atoms with Crippen molar-refractivity contribution < 1.29 is 18.3 Å². The molecule has 0 aliphatic carbocycles. The zero-order chi connectivity index (χ0) is 21.9. The van der Waals surface area contributed by atoms with Crippen molar-refractivity contribution in [3.05, 3.63) is 84.1 Å². The summed E-state index contributed by atoms with van der Waals surface area (Å²) in [7, 11) is 0. The summed E-state index contributed by atoms with van der Waals surface area (Å²) in [5, 5.41) is 0.763. The van der Waals surface area contributed by atoms with Crippen molar-refractivity contribution in [2.75, 3.05) is 13.2 Å². The minimum Gasteiger partial charge on any atom is -0.467 e. The molecule has 1 amide bonds. The quantitative estimate of drug-likeness (QED) is 0.457. The van der Waals surface area contributed by atoms with Crippen molar-refractivity contribution in [1.29, 1.82) is 0 Å². The summed E-state index contributed by atoms with van der Waals surface area (Å²) >= 11 is 0. The molecule has 2 aromatic heterocycles. The lowest BCUT2D eigenvalue weighted by atomic mass is 10.1. The summed E-state index contributed by atoms with van der Waals surface area (Å²) in [4.78, 5) is 27.5. The lowest BCUT2D eigenvalue weighted by Gasteiger charge is -2.22. The standard InChI is InChI=1S/C24H21FN4O3/c25-17-9-7-16(8-10-17)12-18-13-26-24(32-18)21-6-3-11-29(21)22(30)14-31-23-19-4-1-2-5-20(19)27-15-28-23/h1-2,4-5,7-10,13,15,21H,3,6,11-12,14H2/t21-/m0/s1. The van der Waals surface area contributed by atoms with Crippen molar-refractivity contribution in [3.8, 4) is 5.88 Å². The number of carbonyl (C=O) groups is 1. The second kappa shape index (κ2) is 8.74. The Labute approximate surface area is 183 Å². The topological polar surface area (TPSA) is 81.4 Å². The van der Waals surface area contributed by atoms with E-state index in [2.05, 4.69) is 15.0 Å². The SMILES string of the molecule is O=C(COc1ncnc2ccccc12)N1CCC[C@H]1c1ncc(Cc2ccc(F)cc2)o1. The van der Waals surface area contributed by atoms with Crippen molar-refractivity contribution >= 4 is 16.8 Å². The van der Waals surface area contributed by atoms with Crippen LogP contribution in [0.25, 0.3) is 10.9 Å². The fourth-order valence-electron chi connectivity index (χ4n) is 3.99. The van der Waals surface area contributed by atoms with Gasteiger partial charge in [0.05, 0.1) is 17.1 Å². The van der Waals surface area contributed by atoms with Crippen LogP contribution in [0.1, 0.15) is 36.1 Å². The van der Waals surface area contributed by atoms with Gasteiger partial charge in [0.15, 0.2) is 6.61 Å². The number of rotatable bonds is 6. The average molecular weight is 432 g/mol. The van der Waals surface area contributed by atoms with Gasteiger partial charge < -0.3 is 14.1 Å². The highest BCUT2D eigenvalue weighted by Crippen LogP contribution is 2.32. The Morgan fingerprint density at radius 3 is 2.84 bits per heavy atom. The average Bonchev–Trinajstić information content (AvgIpc) is 3.48. The van der Waals surface area contributed by atoms with Gasteiger partial charge in [-0.25, -0.2) is 19.3 Å². The van der Waals surface area contributed by atoms with Crippen LogP contribution in [-0.2, 0) is 11.2 Å². The minimum atomic E-state index is -0.274. The molecule has 32 heavy (non-hydrogen) atoms. The van der Waals surface area contributed by atoms with Crippen molar-refractivity contribution in [2.24, 2.45) is 0 Å². The van der Waals surface area contributed by atoms with E-state index in [0.717, 1.165) is 29.3 Å². The Kier molecular flexibility index (Phi) is 5.49. The van der Waals surface area contributed by atoms with Crippen LogP contribution in [-0.4, -0.2) is 38.9 Å². The molecule has 1 aliphatic rings. The summed E-state index contributed by atoms with van der Waals surface area (Å²) < 4.78 is 24.8. The Bertz CT molecular complexity index is 1240. The van der Waals surface area contributed by atoms with Crippen molar-refractivity contribution in [2.45, 2.75) is 25.3 Å². The Balaban J connectivity index is 1.25. The van der Waals surface area contributed by atoms with Gasteiger partial charge in [-0.3, -0.25) is 4.79 Å². The maximum Gasteiger partial charge on any atom is 0.261 e. The van der Waals surface area contributed by atoms with Gasteiger partial charge in [-0.2, -0.15) is 0 Å². The summed E-state index contributed by atoms with van der Waals surface area (Å²) in [6.45, 7) is 0.494. The highest BCUT2D eigenvalue weighted by molar-refractivity contribution is 5.84. The molecule has 0 N–H and O–H groups in total. The number of amides is 1. The number of hydrogen-bond acceptors (Lipinski definition) is 6. The van der Waals surface area contributed by atoms with Gasteiger partial charge in [-0.05, 0) is 42.7 Å². The van der Waals surface area contributed by atoms with Crippen LogP contribution >= 0.6 is 0 Å². The smallest absolute Gasteiger partial charge is 0.261 e. The van der Waals surface area contributed by atoms with E-state index in [1.165, 1.54) is 18.5 Å². The minimum absolute atomic E-state index is 0.124. The van der Waals surface area contributed by atoms with E-state index in [1.807, 2.05) is 24.3 Å². The fraction of sp³-hybridized carbons (Fsp3) is 0.250. The first-order chi connectivity index (χ1) is 15.7. The van der Waals surface area contributed by atoms with Crippen LogP contribution < -0.4 is 4.74 Å². The number of ether oxygens (including phenoxy) is 1. The molecule has 4 aromatic rings. The van der Waals surface area contributed by atoms with Crippen LogP contribution in [0.3, 0.4) is 0 Å². The Morgan fingerprint density at radius 2 is 1.97 bits per heavy atom. The molecule has 0 saturated carbocycles. The predicted octanol–water partition coefficient (Wildman–Crippen LogP) is 4.09. The van der Waals surface area contributed by atoms with E-state index in [1.54, 1.807) is 23.2 Å². The number of halogens is 1. The van der Waals surface area contributed by atoms with Gasteiger partial charge in [0.1, 0.15) is 23.9 Å². The van der Waals surface area contributed by atoms with Crippen LogP contribution in [0.4, 0.5) is 4.39 Å². The highest BCUT2D eigenvalue weighted by atomic mass is 19.1. The lowest BCUT2D eigenvalue weighted by Crippen LogP contribution is -2.34. The zero-order valence-corrected chi connectivity index (χ0v) is 17.3. The molecule has 1 fully saturated rings. The molecule has 5 rings (SSSR count). The van der Waals surface area contributed by atoms with Gasteiger partial charge in [0.25, 0.3) is 5.91 Å². The summed E-state index contributed by atoms with van der Waals surface area (Å²) in [6.07, 6.45) is 5.25. The van der Waals surface area contributed by atoms with E-state index in [-0.39, 0.29) is 24.4 Å². The van der Waals surface area contributed by atoms with E-state index >= 15 is 0 Å². The van der Waals surface area contributed by atoms with Gasteiger partial charge in [0, 0.05) is 13.0 Å². The number of oxazole rings is 1. The number of fused-ring (bicyclic) bond motifs is 1. The highest BCUT2D eigenvalue weighted by Gasteiger charge is 2.33. The molecule has 1 aliphatic heterocycles. The van der Waals surface area contributed by atoms with Crippen molar-refractivity contribution in [3.63, 3.8) is 0 Å². The molecule has 2 aromatic carbocycles. The first-order valence-electron chi connectivity index (χ1n) is 10.5. The maximum atomic E-state index is 13.1. The van der Waals surface area contributed by atoms with Crippen LogP contribution in [0.2, 0.25) is 0 Å². The van der Waals surface area contributed by atoms with E-state index in [0.29, 0.717) is 30.5 Å². The van der Waals surface area contributed by atoms with Gasteiger partial charge in [0.2, 0.25) is 11.8 Å². The Hall–Kier alpha value is -3.81. The molecule has 162 valence electrons. The number of aromatic nitrogens is 3. The largest absolute Gasteiger partial charge is 0.467 e. The van der Waals surface area contributed by atoms with Gasteiger partial charge in [-0.1, -0.05) is 24.3 Å². The second-order valence-electron chi connectivity index (χ2n) is 7.70. The van der Waals surface area contributed by atoms with E-state index in [4.69, 9.17) is 9.15 Å². The van der Waals surface area contributed by atoms with Crippen LogP contribution in [0.5, 0.6) is 5.88 Å². The molecule has 8 heteroatoms. The molecule has 1 saturated heterocycles. The monoisotopic (exact) mass is 432 g/mol. The predicted molar refractivity (Wildman–Crippen MR) is 114 cm³/mol. The summed E-state index contributed by atoms with van der Waals surface area (Å²) in [5.74, 6) is 1.16. The number of hydrogen-bond donors (Lipinski definition) is 0. The number of nitrogens with zero attached hydrogens (tertiary/aromatic N) is 4. The summed E-state index contributed by atoms with van der Waals surface area (Å²) in [5.41, 5.74) is 1.69. The van der Waals surface area contributed by atoms with Crippen LogP contribution in [0.15, 0.2) is 65.5 Å². The molecule has 3 heterocycles. The first kappa shape index (κ1) is 20.1. The maximum absolute atomic E-state index is 13.1. The third-order valence-corrected chi connectivity index (χ3v) is 5.56. The number of benzene rings is 2. The third-order valence-electron chi connectivity index (χ3n) is 5.56. The zero-order valence-electron chi connectivity index (χ0n) is 17.3. The van der Waals surface area contributed by atoms with Crippen molar-refractivity contribution in [1.82, 2.24) is 19.9 Å². The van der Waals surface area contributed by atoms with E-state index in [9.17, 15) is 9.18 Å². The molecular weight excluding hydrogens is 411 g/mol. The lowest BCUT2D eigenvalue weighted by molar-refractivity contribution is -0.134. The molecule has 0 bridgehead atoms. The second-order valence-corrected chi connectivity index (χ2v) is 7.70. The molecule has 0 radical (unpaired) electrons. The first-order valence-corrected chi connectivity index (χ1v) is 10.5. The fourth-order valence-corrected chi connectivity index (χ4v) is 3.99.